The van der Waals surface area contributed by atoms with Crippen molar-refractivity contribution >= 4 is 0 Å². The van der Waals surface area contributed by atoms with E-state index in [4.69, 9.17) is 5.11 Å². The molecule has 0 aliphatic carbocycles. The van der Waals surface area contributed by atoms with Gasteiger partial charge in [-0.05, 0) is 17.5 Å². The van der Waals surface area contributed by atoms with Crippen molar-refractivity contribution < 1.29 is 13.9 Å². The first kappa shape index (κ1) is 10.1. The predicted octanol–water partition coefficient (Wildman–Crippen LogP) is 2.38. The molecule has 1 rings (SSSR count). The van der Waals surface area contributed by atoms with Gasteiger partial charge in [0.05, 0.1) is 6.61 Å². The summed E-state index contributed by atoms with van der Waals surface area (Å²) in [5.74, 6) is 0. The van der Waals surface area contributed by atoms with Gasteiger partial charge in [-0.1, -0.05) is 24.3 Å². The molecule has 0 atom stereocenters. The quantitative estimate of drug-likeness (QED) is 0.765. The van der Waals surface area contributed by atoms with Crippen LogP contribution in [0.2, 0.25) is 0 Å². The van der Waals surface area contributed by atoms with Gasteiger partial charge in [-0.25, -0.2) is 8.78 Å². The highest BCUT2D eigenvalue weighted by atomic mass is 19.3. The van der Waals surface area contributed by atoms with Crippen molar-refractivity contribution in [3.8, 4) is 0 Å². The van der Waals surface area contributed by atoms with Gasteiger partial charge in [-0.2, -0.15) is 0 Å². The molecule has 13 heavy (non-hydrogen) atoms. The molecule has 1 nitrogen and oxygen atoms in total. The van der Waals surface area contributed by atoms with E-state index in [1.165, 1.54) is 0 Å². The standard InChI is InChI=1S/C10H12F2O/c11-10(12)6-5-8-1-3-9(7-13)4-2-8/h1-4,10,13H,5-7H2. The summed E-state index contributed by atoms with van der Waals surface area (Å²) < 4.78 is 23.7. The number of halogens is 2. The topological polar surface area (TPSA) is 20.2 Å². The highest BCUT2D eigenvalue weighted by molar-refractivity contribution is 5.21. The fourth-order valence-electron chi connectivity index (χ4n) is 1.09. The zero-order chi connectivity index (χ0) is 9.68. The van der Waals surface area contributed by atoms with Gasteiger partial charge in [0.1, 0.15) is 0 Å². The Morgan fingerprint density at radius 2 is 1.62 bits per heavy atom. The number of alkyl halides is 2. The third kappa shape index (κ3) is 3.51. The van der Waals surface area contributed by atoms with Crippen LogP contribution in [-0.4, -0.2) is 11.5 Å². The van der Waals surface area contributed by atoms with Crippen LogP contribution in [0.4, 0.5) is 8.78 Å². The van der Waals surface area contributed by atoms with Crippen molar-refractivity contribution in [1.29, 1.82) is 0 Å². The Bertz CT molecular complexity index is 244. The summed E-state index contributed by atoms with van der Waals surface area (Å²) in [5.41, 5.74) is 1.69. The second-order valence-corrected chi connectivity index (χ2v) is 2.90. The first-order chi connectivity index (χ1) is 6.22. The Balaban J connectivity index is 2.49. The maximum absolute atomic E-state index is 11.8. The van der Waals surface area contributed by atoms with E-state index in [0.717, 1.165) is 11.1 Å². The van der Waals surface area contributed by atoms with E-state index in [2.05, 4.69) is 0 Å². The second-order valence-electron chi connectivity index (χ2n) is 2.90. The zero-order valence-corrected chi connectivity index (χ0v) is 7.21. The van der Waals surface area contributed by atoms with E-state index in [1.54, 1.807) is 24.3 Å². The van der Waals surface area contributed by atoms with Gasteiger partial charge < -0.3 is 5.11 Å². The average molecular weight is 186 g/mol. The lowest BCUT2D eigenvalue weighted by molar-refractivity contribution is 0.138. The Labute approximate surface area is 76.0 Å². The van der Waals surface area contributed by atoms with E-state index >= 15 is 0 Å². The zero-order valence-electron chi connectivity index (χ0n) is 7.21. The fraction of sp³-hybridized carbons (Fsp3) is 0.400. The predicted molar refractivity (Wildman–Crippen MR) is 46.7 cm³/mol. The fourth-order valence-corrected chi connectivity index (χ4v) is 1.09. The SMILES string of the molecule is OCc1ccc(CCC(F)F)cc1. The van der Waals surface area contributed by atoms with Crippen molar-refractivity contribution in [1.82, 2.24) is 0 Å². The van der Waals surface area contributed by atoms with E-state index in [9.17, 15) is 8.78 Å². The molecule has 0 fully saturated rings. The van der Waals surface area contributed by atoms with E-state index in [0.29, 0.717) is 6.42 Å². The molecule has 1 N–H and O–H groups in total. The van der Waals surface area contributed by atoms with Crippen LogP contribution in [0.5, 0.6) is 0 Å². The van der Waals surface area contributed by atoms with Crippen molar-refractivity contribution in [2.75, 3.05) is 0 Å². The highest BCUT2D eigenvalue weighted by Crippen LogP contribution is 2.09. The normalized spacial score (nSPS) is 10.8. The Morgan fingerprint density at radius 1 is 1.08 bits per heavy atom. The molecular weight excluding hydrogens is 174 g/mol. The van der Waals surface area contributed by atoms with Crippen LogP contribution >= 0.6 is 0 Å². The van der Waals surface area contributed by atoms with Crippen molar-refractivity contribution in [2.45, 2.75) is 25.9 Å². The molecule has 0 aliphatic rings. The molecule has 0 heterocycles. The summed E-state index contributed by atoms with van der Waals surface area (Å²) in [5, 5.41) is 8.73. The second kappa shape index (κ2) is 4.92. The monoisotopic (exact) mass is 186 g/mol. The molecule has 1 aromatic rings. The smallest absolute Gasteiger partial charge is 0.239 e. The molecule has 0 saturated carbocycles. The van der Waals surface area contributed by atoms with E-state index < -0.39 is 6.43 Å². The summed E-state index contributed by atoms with van der Waals surface area (Å²) in [4.78, 5) is 0. The van der Waals surface area contributed by atoms with Gasteiger partial charge >= 0.3 is 0 Å². The third-order valence-corrected chi connectivity index (χ3v) is 1.86. The maximum Gasteiger partial charge on any atom is 0.239 e. The molecule has 0 amide bonds. The minimum absolute atomic E-state index is 0.00483. The summed E-state index contributed by atoms with van der Waals surface area (Å²) >= 11 is 0. The maximum atomic E-state index is 11.8. The number of aryl methyl sites for hydroxylation is 1. The molecule has 0 radical (unpaired) electrons. The molecule has 3 heteroatoms. The van der Waals surface area contributed by atoms with Gasteiger partial charge in [-0.3, -0.25) is 0 Å². The van der Waals surface area contributed by atoms with Gasteiger partial charge in [0.15, 0.2) is 0 Å². The molecule has 0 bridgehead atoms. The van der Waals surface area contributed by atoms with Crippen LogP contribution < -0.4 is 0 Å². The van der Waals surface area contributed by atoms with Crippen molar-refractivity contribution in [2.24, 2.45) is 0 Å². The van der Waals surface area contributed by atoms with Gasteiger partial charge in [0.2, 0.25) is 6.43 Å². The molecule has 72 valence electrons. The molecule has 0 unspecified atom stereocenters. The lowest BCUT2D eigenvalue weighted by Crippen LogP contribution is -1.94. The number of aliphatic hydroxyl groups excluding tert-OH is 1. The van der Waals surface area contributed by atoms with Gasteiger partial charge in [-0.15, -0.1) is 0 Å². The lowest BCUT2D eigenvalue weighted by atomic mass is 10.1. The number of hydrogen-bond donors (Lipinski definition) is 1. The number of hydrogen-bond acceptors (Lipinski definition) is 1. The van der Waals surface area contributed by atoms with Crippen molar-refractivity contribution in [3.05, 3.63) is 35.4 Å². The van der Waals surface area contributed by atoms with Crippen LogP contribution in [-0.2, 0) is 13.0 Å². The average Bonchev–Trinajstić information content (AvgIpc) is 2.15. The lowest BCUT2D eigenvalue weighted by Gasteiger charge is -2.01. The molecular formula is C10H12F2O. The van der Waals surface area contributed by atoms with E-state index in [1.807, 2.05) is 0 Å². The first-order valence-corrected chi connectivity index (χ1v) is 4.19. The first-order valence-electron chi connectivity index (χ1n) is 4.19. The third-order valence-electron chi connectivity index (χ3n) is 1.86. The Kier molecular flexibility index (Phi) is 3.83. The molecule has 0 spiro atoms. The Morgan fingerprint density at radius 3 is 2.08 bits per heavy atom. The van der Waals surface area contributed by atoms with Crippen LogP contribution in [0.1, 0.15) is 17.5 Å². The Hall–Kier alpha value is -0.960. The summed E-state index contributed by atoms with van der Waals surface area (Å²) in [6, 6.07) is 7.05. The molecule has 0 aromatic heterocycles. The largest absolute Gasteiger partial charge is 0.392 e. The van der Waals surface area contributed by atoms with Crippen LogP contribution in [0.15, 0.2) is 24.3 Å². The summed E-state index contributed by atoms with van der Waals surface area (Å²) in [6.07, 6.45) is -1.94. The highest BCUT2D eigenvalue weighted by Gasteiger charge is 2.02. The number of benzene rings is 1. The minimum atomic E-state index is -2.24. The van der Waals surface area contributed by atoms with Crippen LogP contribution in [0.3, 0.4) is 0 Å². The minimum Gasteiger partial charge on any atom is -0.392 e. The number of aliphatic hydroxyl groups is 1. The van der Waals surface area contributed by atoms with Crippen LogP contribution in [0, 0.1) is 0 Å². The van der Waals surface area contributed by atoms with Crippen molar-refractivity contribution in [3.63, 3.8) is 0 Å². The molecule has 0 aliphatic heterocycles. The van der Waals surface area contributed by atoms with Crippen LogP contribution in [0.25, 0.3) is 0 Å². The number of rotatable bonds is 4. The molecule has 0 saturated heterocycles. The summed E-state index contributed by atoms with van der Waals surface area (Å²) in [6.45, 7) is -0.00483. The van der Waals surface area contributed by atoms with Gasteiger partial charge in [0.25, 0.3) is 0 Å². The van der Waals surface area contributed by atoms with Gasteiger partial charge in [0, 0.05) is 6.42 Å². The summed E-state index contributed by atoms with van der Waals surface area (Å²) in [7, 11) is 0. The molecule has 1 aromatic carbocycles. The van der Waals surface area contributed by atoms with E-state index in [-0.39, 0.29) is 13.0 Å².